The third-order valence-electron chi connectivity index (χ3n) is 5.91. The van der Waals surface area contributed by atoms with Crippen LogP contribution < -0.4 is 15.5 Å². The molecule has 0 radical (unpaired) electrons. The van der Waals surface area contributed by atoms with Crippen molar-refractivity contribution in [3.63, 3.8) is 0 Å². The molecule has 1 aliphatic heterocycles. The minimum absolute atomic E-state index is 0.0586. The normalized spacial score (nSPS) is 14.4. The zero-order valence-electron chi connectivity index (χ0n) is 18.7. The lowest BCUT2D eigenvalue weighted by molar-refractivity contribution is -0.117. The fourth-order valence-electron chi connectivity index (χ4n) is 4.11. The zero-order valence-corrected chi connectivity index (χ0v) is 18.7. The molecule has 0 aromatic heterocycles. The van der Waals surface area contributed by atoms with Crippen LogP contribution in [0.2, 0.25) is 0 Å². The van der Waals surface area contributed by atoms with Gasteiger partial charge in [0.2, 0.25) is 11.8 Å². The van der Waals surface area contributed by atoms with E-state index in [4.69, 9.17) is 0 Å². The van der Waals surface area contributed by atoms with Gasteiger partial charge in [0.1, 0.15) is 5.82 Å². The molecule has 6 heteroatoms. The Labute approximate surface area is 193 Å². The van der Waals surface area contributed by atoms with Gasteiger partial charge < -0.3 is 10.2 Å². The summed E-state index contributed by atoms with van der Waals surface area (Å²) in [7, 11) is 0. The van der Waals surface area contributed by atoms with E-state index in [-0.39, 0.29) is 30.2 Å². The van der Waals surface area contributed by atoms with Gasteiger partial charge in [0.05, 0.1) is 12.6 Å². The molecule has 0 aliphatic carbocycles. The Morgan fingerprint density at radius 3 is 2.42 bits per heavy atom. The molecule has 4 rings (SSSR count). The summed E-state index contributed by atoms with van der Waals surface area (Å²) >= 11 is 0. The summed E-state index contributed by atoms with van der Waals surface area (Å²) in [5, 5.41) is 6.15. The first-order valence-corrected chi connectivity index (χ1v) is 11.3. The summed E-state index contributed by atoms with van der Waals surface area (Å²) in [6.07, 6.45) is 2.39. The summed E-state index contributed by atoms with van der Waals surface area (Å²) in [5.41, 5.74) is 4.44. The Bertz CT molecular complexity index is 1110. The number of carbonyl (C=O) groups excluding carboxylic acids is 2. The molecule has 0 saturated carbocycles. The Morgan fingerprint density at radius 1 is 1.03 bits per heavy atom. The van der Waals surface area contributed by atoms with Crippen LogP contribution in [0.5, 0.6) is 0 Å². The Morgan fingerprint density at radius 2 is 1.79 bits per heavy atom. The minimum Gasteiger partial charge on any atom is -0.325 e. The topological polar surface area (TPSA) is 61.4 Å². The highest BCUT2D eigenvalue weighted by atomic mass is 19.1. The first-order chi connectivity index (χ1) is 16.0. The third kappa shape index (κ3) is 5.65. The first kappa shape index (κ1) is 22.7. The van der Waals surface area contributed by atoms with E-state index >= 15 is 0 Å². The fourth-order valence-corrected chi connectivity index (χ4v) is 4.11. The van der Waals surface area contributed by atoms with Crippen molar-refractivity contribution in [3.05, 3.63) is 95.3 Å². The van der Waals surface area contributed by atoms with Crippen molar-refractivity contribution in [1.82, 2.24) is 5.32 Å². The molecule has 5 nitrogen and oxygen atoms in total. The molecule has 1 unspecified atom stereocenters. The highest BCUT2D eigenvalue weighted by Crippen LogP contribution is 2.24. The van der Waals surface area contributed by atoms with Gasteiger partial charge in [-0.25, -0.2) is 4.39 Å². The summed E-state index contributed by atoms with van der Waals surface area (Å²) < 4.78 is 13.9. The van der Waals surface area contributed by atoms with E-state index in [1.807, 2.05) is 30.3 Å². The van der Waals surface area contributed by atoms with Gasteiger partial charge in [-0.3, -0.25) is 14.9 Å². The minimum atomic E-state index is -0.319. The average molecular weight is 446 g/mol. The number of hydrogen-bond donors (Lipinski definition) is 2. The number of halogens is 1. The zero-order chi connectivity index (χ0) is 23.2. The van der Waals surface area contributed by atoms with E-state index in [1.54, 1.807) is 23.1 Å². The van der Waals surface area contributed by atoms with Crippen molar-refractivity contribution < 1.29 is 14.0 Å². The van der Waals surface area contributed by atoms with Crippen LogP contribution in [0.4, 0.5) is 15.8 Å². The van der Waals surface area contributed by atoms with Crippen molar-refractivity contribution in [2.24, 2.45) is 0 Å². The standard InChI is InChI=1S/C27H28FN3O2/c1-2-19-8-10-20(11-9-19)27(21-5-3-6-22(28)17-21)29-18-25(32)30-23-12-14-24(15-13-23)31-16-4-7-26(31)33/h3,5-6,8-15,17,27,29H,2,4,7,16,18H2,1H3,(H,30,32). The van der Waals surface area contributed by atoms with Crippen LogP contribution in [0.25, 0.3) is 0 Å². The monoisotopic (exact) mass is 445 g/mol. The molecule has 1 atom stereocenters. The maximum Gasteiger partial charge on any atom is 0.238 e. The van der Waals surface area contributed by atoms with Crippen LogP contribution in [0.1, 0.15) is 42.5 Å². The van der Waals surface area contributed by atoms with Gasteiger partial charge >= 0.3 is 0 Å². The van der Waals surface area contributed by atoms with Crippen LogP contribution in [0.3, 0.4) is 0 Å². The van der Waals surface area contributed by atoms with Gasteiger partial charge in [0.25, 0.3) is 0 Å². The molecule has 2 amide bonds. The second-order valence-electron chi connectivity index (χ2n) is 8.21. The number of carbonyl (C=O) groups is 2. The van der Waals surface area contributed by atoms with Crippen LogP contribution in [-0.4, -0.2) is 24.9 Å². The molecule has 1 aliphatic rings. The number of benzene rings is 3. The predicted molar refractivity (Wildman–Crippen MR) is 129 cm³/mol. The molecule has 3 aromatic carbocycles. The maximum absolute atomic E-state index is 13.9. The number of hydrogen-bond acceptors (Lipinski definition) is 3. The molecule has 3 aromatic rings. The molecule has 1 heterocycles. The first-order valence-electron chi connectivity index (χ1n) is 11.3. The van der Waals surface area contributed by atoms with Gasteiger partial charge in [-0.1, -0.05) is 43.3 Å². The second-order valence-corrected chi connectivity index (χ2v) is 8.21. The van der Waals surface area contributed by atoms with Crippen molar-refractivity contribution >= 4 is 23.2 Å². The van der Waals surface area contributed by atoms with Crippen LogP contribution in [0.15, 0.2) is 72.8 Å². The largest absolute Gasteiger partial charge is 0.325 e. The summed E-state index contributed by atoms with van der Waals surface area (Å²) in [4.78, 5) is 26.3. The third-order valence-corrected chi connectivity index (χ3v) is 5.91. The molecule has 1 saturated heterocycles. The SMILES string of the molecule is CCc1ccc(C(NCC(=O)Nc2ccc(N3CCCC3=O)cc2)c2cccc(F)c2)cc1. The number of anilines is 2. The smallest absolute Gasteiger partial charge is 0.238 e. The molecule has 2 N–H and O–H groups in total. The van der Waals surface area contributed by atoms with Crippen molar-refractivity contribution in [3.8, 4) is 0 Å². The Balaban J connectivity index is 1.42. The van der Waals surface area contributed by atoms with Gasteiger partial charge in [0, 0.05) is 24.3 Å². The maximum atomic E-state index is 13.9. The summed E-state index contributed by atoms with van der Waals surface area (Å²) in [5.74, 6) is -0.386. The average Bonchev–Trinajstić information content (AvgIpc) is 3.26. The van der Waals surface area contributed by atoms with Crippen LogP contribution in [0, 0.1) is 5.82 Å². The Hall–Kier alpha value is -3.51. The highest BCUT2D eigenvalue weighted by Gasteiger charge is 2.21. The van der Waals surface area contributed by atoms with Crippen LogP contribution in [-0.2, 0) is 16.0 Å². The lowest BCUT2D eigenvalue weighted by Gasteiger charge is -2.20. The molecular formula is C27H28FN3O2. The van der Waals surface area contributed by atoms with E-state index < -0.39 is 0 Å². The fraction of sp³-hybridized carbons (Fsp3) is 0.259. The number of aryl methyl sites for hydroxylation is 1. The number of rotatable bonds is 8. The van der Waals surface area contributed by atoms with Gasteiger partial charge in [-0.05, 0) is 65.9 Å². The number of nitrogens with zero attached hydrogens (tertiary/aromatic N) is 1. The van der Waals surface area contributed by atoms with E-state index in [9.17, 15) is 14.0 Å². The predicted octanol–water partition coefficient (Wildman–Crippen LogP) is 4.83. The molecule has 0 bridgehead atoms. The molecular weight excluding hydrogens is 417 g/mol. The lowest BCUT2D eigenvalue weighted by atomic mass is 9.97. The molecule has 170 valence electrons. The van der Waals surface area contributed by atoms with Gasteiger partial charge in [-0.15, -0.1) is 0 Å². The van der Waals surface area contributed by atoms with E-state index in [1.165, 1.54) is 17.7 Å². The molecule has 0 spiro atoms. The van der Waals surface area contributed by atoms with E-state index in [2.05, 4.69) is 29.7 Å². The van der Waals surface area contributed by atoms with E-state index in [0.29, 0.717) is 12.1 Å². The lowest BCUT2D eigenvalue weighted by Crippen LogP contribution is -2.32. The molecule has 1 fully saturated rings. The van der Waals surface area contributed by atoms with Crippen molar-refractivity contribution in [1.29, 1.82) is 0 Å². The summed E-state index contributed by atoms with van der Waals surface area (Å²) in [6, 6.07) is 21.5. The highest BCUT2D eigenvalue weighted by molar-refractivity contribution is 5.96. The number of nitrogens with one attached hydrogen (secondary N) is 2. The number of amides is 2. The van der Waals surface area contributed by atoms with Crippen LogP contribution >= 0.6 is 0 Å². The molecule has 33 heavy (non-hydrogen) atoms. The quantitative estimate of drug-likeness (QED) is 0.522. The van der Waals surface area contributed by atoms with Gasteiger partial charge in [0.15, 0.2) is 0 Å². The van der Waals surface area contributed by atoms with E-state index in [0.717, 1.165) is 36.2 Å². The van der Waals surface area contributed by atoms with Crippen molar-refractivity contribution in [2.45, 2.75) is 32.2 Å². The Kier molecular flexibility index (Phi) is 7.15. The van der Waals surface area contributed by atoms with Crippen molar-refractivity contribution in [2.75, 3.05) is 23.3 Å². The van der Waals surface area contributed by atoms with Gasteiger partial charge in [-0.2, -0.15) is 0 Å². The second kappa shape index (κ2) is 10.4. The summed E-state index contributed by atoms with van der Waals surface area (Å²) in [6.45, 7) is 2.88.